The van der Waals surface area contributed by atoms with Gasteiger partial charge in [0.1, 0.15) is 5.75 Å². The topological polar surface area (TPSA) is 75.7 Å². The molecule has 3 fully saturated rings. The van der Waals surface area contributed by atoms with Gasteiger partial charge >= 0.3 is 0 Å². The summed E-state index contributed by atoms with van der Waals surface area (Å²) in [7, 11) is -2.04. The van der Waals surface area contributed by atoms with Gasteiger partial charge < -0.3 is 10.1 Å². The van der Waals surface area contributed by atoms with Crippen molar-refractivity contribution in [3.63, 3.8) is 0 Å². The van der Waals surface area contributed by atoms with Crippen LogP contribution >= 0.6 is 0 Å². The van der Waals surface area contributed by atoms with Crippen molar-refractivity contribution in [1.29, 1.82) is 0 Å². The quantitative estimate of drug-likeness (QED) is 0.754. The number of sulfonamides is 1. The molecule has 3 atom stereocenters. The lowest BCUT2D eigenvalue weighted by atomic mass is 9.86. The van der Waals surface area contributed by atoms with Crippen LogP contribution in [0.2, 0.25) is 0 Å². The fourth-order valence-corrected chi connectivity index (χ4v) is 6.99. The zero-order valence-electron chi connectivity index (χ0n) is 17.2. The maximum Gasteiger partial charge on any atom is 0.243 e. The summed E-state index contributed by atoms with van der Waals surface area (Å²) in [5.74, 6) is 2.38. The average molecular weight is 421 g/mol. The van der Waals surface area contributed by atoms with E-state index in [2.05, 4.69) is 5.32 Å². The number of nitrogens with zero attached hydrogens (tertiary/aromatic N) is 1. The van der Waals surface area contributed by atoms with Gasteiger partial charge in [0.15, 0.2) is 0 Å². The Bertz CT molecular complexity index is 846. The van der Waals surface area contributed by atoms with Gasteiger partial charge in [-0.25, -0.2) is 8.42 Å². The first-order valence-electron chi connectivity index (χ1n) is 11.0. The molecule has 1 aliphatic heterocycles. The molecule has 1 aromatic carbocycles. The third-order valence-electron chi connectivity index (χ3n) is 6.98. The van der Waals surface area contributed by atoms with Crippen LogP contribution in [0.15, 0.2) is 23.1 Å². The first-order chi connectivity index (χ1) is 14.0. The fourth-order valence-electron chi connectivity index (χ4n) is 5.44. The molecule has 0 spiro atoms. The van der Waals surface area contributed by atoms with E-state index in [-0.39, 0.29) is 10.8 Å². The Hall–Kier alpha value is -1.60. The van der Waals surface area contributed by atoms with Crippen LogP contribution in [-0.4, -0.2) is 38.8 Å². The minimum Gasteiger partial charge on any atom is -0.495 e. The maximum absolute atomic E-state index is 13.1. The van der Waals surface area contributed by atoms with Gasteiger partial charge in [-0.1, -0.05) is 19.3 Å². The van der Waals surface area contributed by atoms with Crippen molar-refractivity contribution in [2.45, 2.75) is 62.7 Å². The summed E-state index contributed by atoms with van der Waals surface area (Å²) in [5.41, 5.74) is 0.441. The number of ether oxygens (including phenoxy) is 1. The van der Waals surface area contributed by atoms with E-state index in [1.165, 1.54) is 26.4 Å². The standard InChI is InChI=1S/C22H32N2O4S/c1-28-21-9-8-19(29(26,27)24-10-4-2-3-5-11-24)15-20(21)23-22(25)14-18-13-16-6-7-17(18)12-16/h8-9,15-18H,2-7,10-14H2,1H3,(H,23,25)/t16-,17-,18-/m0/s1. The highest BCUT2D eigenvalue weighted by molar-refractivity contribution is 7.89. The van der Waals surface area contributed by atoms with Crippen molar-refractivity contribution in [3.05, 3.63) is 18.2 Å². The van der Waals surface area contributed by atoms with E-state index < -0.39 is 10.0 Å². The predicted octanol–water partition coefficient (Wildman–Crippen LogP) is 4.02. The lowest BCUT2D eigenvalue weighted by Gasteiger charge is -2.22. The Labute approximate surface area is 174 Å². The number of benzene rings is 1. The number of methoxy groups -OCH3 is 1. The summed E-state index contributed by atoms with van der Waals surface area (Å²) in [6, 6.07) is 4.76. The number of amides is 1. The number of carbonyl (C=O) groups excluding carboxylic acids is 1. The van der Waals surface area contributed by atoms with E-state index in [4.69, 9.17) is 4.74 Å². The van der Waals surface area contributed by atoms with Crippen molar-refractivity contribution in [2.75, 3.05) is 25.5 Å². The van der Waals surface area contributed by atoms with Gasteiger partial charge in [-0.05, 0) is 68.1 Å². The van der Waals surface area contributed by atoms with Crippen molar-refractivity contribution in [3.8, 4) is 5.75 Å². The molecule has 1 saturated heterocycles. The Morgan fingerprint density at radius 2 is 1.90 bits per heavy atom. The van der Waals surface area contributed by atoms with E-state index in [0.29, 0.717) is 42.8 Å². The van der Waals surface area contributed by atoms with Crippen LogP contribution in [0.5, 0.6) is 5.75 Å². The Balaban J connectivity index is 1.49. The summed E-state index contributed by atoms with van der Waals surface area (Å²) in [6.07, 6.45) is 9.41. The summed E-state index contributed by atoms with van der Waals surface area (Å²) in [4.78, 5) is 12.9. The largest absolute Gasteiger partial charge is 0.495 e. The monoisotopic (exact) mass is 420 g/mol. The van der Waals surface area contributed by atoms with Crippen LogP contribution in [-0.2, 0) is 14.8 Å². The van der Waals surface area contributed by atoms with Gasteiger partial charge in [-0.15, -0.1) is 0 Å². The van der Waals surface area contributed by atoms with Crippen LogP contribution in [0.1, 0.15) is 57.8 Å². The molecule has 2 aliphatic carbocycles. The maximum atomic E-state index is 13.1. The third-order valence-corrected chi connectivity index (χ3v) is 8.87. The molecule has 6 nitrogen and oxygen atoms in total. The Morgan fingerprint density at radius 1 is 1.14 bits per heavy atom. The van der Waals surface area contributed by atoms with Crippen molar-refractivity contribution in [2.24, 2.45) is 17.8 Å². The summed E-state index contributed by atoms with van der Waals surface area (Å²) in [5, 5.41) is 2.93. The zero-order valence-corrected chi connectivity index (χ0v) is 18.0. The van der Waals surface area contributed by atoms with E-state index in [0.717, 1.165) is 38.0 Å². The molecule has 0 radical (unpaired) electrons. The number of anilines is 1. The molecule has 0 unspecified atom stereocenters. The van der Waals surface area contributed by atoms with Gasteiger partial charge in [0, 0.05) is 19.5 Å². The van der Waals surface area contributed by atoms with Crippen molar-refractivity contribution >= 4 is 21.6 Å². The molecule has 29 heavy (non-hydrogen) atoms. The van der Waals surface area contributed by atoms with Gasteiger partial charge in [-0.2, -0.15) is 4.31 Å². The van der Waals surface area contributed by atoms with Crippen LogP contribution in [0.4, 0.5) is 5.69 Å². The average Bonchev–Trinajstić information content (AvgIpc) is 3.20. The Morgan fingerprint density at radius 3 is 2.52 bits per heavy atom. The molecular formula is C22H32N2O4S. The van der Waals surface area contributed by atoms with Crippen molar-refractivity contribution in [1.82, 2.24) is 4.31 Å². The number of hydrogen-bond acceptors (Lipinski definition) is 4. The van der Waals surface area contributed by atoms with Gasteiger partial charge in [0.05, 0.1) is 17.7 Å². The highest BCUT2D eigenvalue weighted by Crippen LogP contribution is 2.49. The summed E-state index contributed by atoms with van der Waals surface area (Å²) in [6.45, 7) is 1.11. The van der Waals surface area contributed by atoms with Crippen molar-refractivity contribution < 1.29 is 17.9 Å². The second-order valence-electron chi connectivity index (χ2n) is 8.87. The highest BCUT2D eigenvalue weighted by Gasteiger charge is 2.40. The van der Waals surface area contributed by atoms with Gasteiger partial charge in [-0.3, -0.25) is 4.79 Å². The normalized spacial score (nSPS) is 27.6. The molecule has 1 N–H and O–H groups in total. The third kappa shape index (κ3) is 4.45. The van der Waals surface area contributed by atoms with Crippen LogP contribution in [0, 0.1) is 17.8 Å². The lowest BCUT2D eigenvalue weighted by Crippen LogP contribution is -2.32. The van der Waals surface area contributed by atoms with Gasteiger partial charge in [0.2, 0.25) is 15.9 Å². The molecule has 160 valence electrons. The summed E-state index contributed by atoms with van der Waals surface area (Å²) >= 11 is 0. The minimum atomic E-state index is -3.57. The molecule has 1 amide bonds. The van der Waals surface area contributed by atoms with E-state index in [1.54, 1.807) is 22.5 Å². The SMILES string of the molecule is COc1ccc(S(=O)(=O)N2CCCCCC2)cc1NC(=O)C[C@@H]1C[C@H]2CC[C@H]1C2. The molecular weight excluding hydrogens is 388 g/mol. The van der Waals surface area contributed by atoms with Crippen LogP contribution < -0.4 is 10.1 Å². The predicted molar refractivity (Wildman–Crippen MR) is 112 cm³/mol. The number of hydrogen-bond donors (Lipinski definition) is 1. The summed E-state index contributed by atoms with van der Waals surface area (Å²) < 4.78 is 33.2. The molecule has 4 rings (SSSR count). The van der Waals surface area contributed by atoms with E-state index in [9.17, 15) is 13.2 Å². The Kier molecular flexibility index (Phi) is 6.16. The molecule has 2 saturated carbocycles. The number of nitrogens with one attached hydrogen (secondary N) is 1. The first kappa shape index (κ1) is 20.7. The molecule has 0 aromatic heterocycles. The second-order valence-corrected chi connectivity index (χ2v) is 10.8. The van der Waals surface area contributed by atoms with E-state index >= 15 is 0 Å². The molecule has 3 aliphatic rings. The smallest absolute Gasteiger partial charge is 0.243 e. The molecule has 1 heterocycles. The number of rotatable bonds is 6. The molecule has 7 heteroatoms. The first-order valence-corrected chi connectivity index (χ1v) is 12.4. The van der Waals surface area contributed by atoms with E-state index in [1.807, 2.05) is 0 Å². The van der Waals surface area contributed by atoms with Gasteiger partial charge in [0.25, 0.3) is 0 Å². The molecule has 1 aromatic rings. The number of carbonyl (C=O) groups is 1. The van der Waals surface area contributed by atoms with Crippen LogP contribution in [0.25, 0.3) is 0 Å². The minimum absolute atomic E-state index is 0.0508. The van der Waals surface area contributed by atoms with Crippen LogP contribution in [0.3, 0.4) is 0 Å². The zero-order chi connectivity index (χ0) is 20.4. The fraction of sp³-hybridized carbons (Fsp3) is 0.682. The second kappa shape index (κ2) is 8.64. The lowest BCUT2D eigenvalue weighted by molar-refractivity contribution is -0.117. The number of fused-ring (bicyclic) bond motifs is 2. The highest BCUT2D eigenvalue weighted by atomic mass is 32.2. The molecule has 2 bridgehead atoms.